The van der Waals surface area contributed by atoms with Crippen LogP contribution in [0.4, 0.5) is 5.69 Å². The summed E-state index contributed by atoms with van der Waals surface area (Å²) in [6.07, 6.45) is 1.81. The number of thioether (sulfide) groups is 1. The summed E-state index contributed by atoms with van der Waals surface area (Å²) in [4.78, 5) is 12.8. The lowest BCUT2D eigenvalue weighted by atomic mass is 10.1. The van der Waals surface area contributed by atoms with E-state index in [0.29, 0.717) is 11.7 Å². The maximum Gasteiger partial charge on any atom is 0.237 e. The van der Waals surface area contributed by atoms with Crippen molar-refractivity contribution < 1.29 is 4.79 Å². The number of nitrogens with one attached hydrogen (secondary N) is 1. The Kier molecular flexibility index (Phi) is 6.54. The number of aryl methyl sites for hydroxylation is 3. The first-order chi connectivity index (χ1) is 13.9. The molecule has 6 heteroatoms. The lowest BCUT2D eigenvalue weighted by Crippen LogP contribution is -2.24. The molecule has 0 radical (unpaired) electrons. The third kappa shape index (κ3) is 4.77. The highest BCUT2D eigenvalue weighted by Gasteiger charge is 2.21. The van der Waals surface area contributed by atoms with E-state index < -0.39 is 0 Å². The van der Waals surface area contributed by atoms with Crippen molar-refractivity contribution in [2.24, 2.45) is 0 Å². The van der Waals surface area contributed by atoms with Gasteiger partial charge in [0, 0.05) is 17.8 Å². The van der Waals surface area contributed by atoms with E-state index in [2.05, 4.69) is 41.1 Å². The Morgan fingerprint density at radius 2 is 1.83 bits per heavy atom. The number of anilines is 1. The van der Waals surface area contributed by atoms with E-state index in [9.17, 15) is 4.79 Å². The minimum atomic E-state index is -0.327. The van der Waals surface area contributed by atoms with Crippen LogP contribution in [0.1, 0.15) is 23.6 Å². The number of carbonyl (C=O) groups is 1. The highest BCUT2D eigenvalue weighted by Crippen LogP contribution is 2.28. The molecule has 0 fully saturated rings. The molecule has 29 heavy (non-hydrogen) atoms. The van der Waals surface area contributed by atoms with Gasteiger partial charge in [0.05, 0.1) is 5.25 Å². The van der Waals surface area contributed by atoms with Crippen LogP contribution in [0.2, 0.25) is 0 Å². The van der Waals surface area contributed by atoms with Crippen molar-refractivity contribution >= 4 is 23.4 Å². The summed E-state index contributed by atoms with van der Waals surface area (Å²) in [7, 11) is 0. The molecule has 0 saturated heterocycles. The van der Waals surface area contributed by atoms with Crippen LogP contribution >= 0.6 is 11.8 Å². The molecule has 3 aromatic rings. The maximum atomic E-state index is 12.8. The van der Waals surface area contributed by atoms with Crippen LogP contribution < -0.4 is 5.32 Å². The molecule has 0 aliphatic carbocycles. The second kappa shape index (κ2) is 9.09. The molecular weight excluding hydrogens is 380 g/mol. The van der Waals surface area contributed by atoms with Crippen molar-refractivity contribution in [1.82, 2.24) is 14.8 Å². The second-order valence-electron chi connectivity index (χ2n) is 7.09. The van der Waals surface area contributed by atoms with Gasteiger partial charge in [-0.05, 0) is 38.8 Å². The zero-order chi connectivity index (χ0) is 21.0. The first-order valence-corrected chi connectivity index (χ1v) is 10.4. The Morgan fingerprint density at radius 3 is 2.45 bits per heavy atom. The van der Waals surface area contributed by atoms with Crippen LogP contribution in [-0.4, -0.2) is 25.9 Å². The van der Waals surface area contributed by atoms with E-state index in [-0.39, 0.29) is 11.2 Å². The van der Waals surface area contributed by atoms with Gasteiger partial charge in [-0.25, -0.2) is 0 Å². The van der Waals surface area contributed by atoms with Gasteiger partial charge < -0.3 is 5.32 Å². The Balaban J connectivity index is 1.80. The molecule has 5 nitrogen and oxygen atoms in total. The minimum Gasteiger partial charge on any atom is -0.325 e. The first-order valence-electron chi connectivity index (χ1n) is 9.55. The standard InChI is InChI=1S/C23H26N4OS/c1-6-12-27-21(19-10-8-7-9-11-19)25-26-23(27)29-18(5)22(28)24-20-16(3)13-15(2)14-17(20)4/h6-11,13-14,18H,1,12H2,2-5H3,(H,24,28). The van der Waals surface area contributed by atoms with Gasteiger partial charge >= 0.3 is 0 Å². The fourth-order valence-corrected chi connectivity index (χ4v) is 4.14. The Bertz CT molecular complexity index is 1000. The van der Waals surface area contributed by atoms with Crippen molar-refractivity contribution in [2.75, 3.05) is 5.32 Å². The van der Waals surface area contributed by atoms with Crippen LogP contribution in [0.5, 0.6) is 0 Å². The second-order valence-corrected chi connectivity index (χ2v) is 8.40. The van der Waals surface area contributed by atoms with E-state index in [1.165, 1.54) is 17.3 Å². The van der Waals surface area contributed by atoms with E-state index >= 15 is 0 Å². The largest absolute Gasteiger partial charge is 0.325 e. The van der Waals surface area contributed by atoms with Crippen molar-refractivity contribution in [1.29, 1.82) is 0 Å². The normalized spacial score (nSPS) is 11.9. The molecule has 0 aliphatic rings. The van der Waals surface area contributed by atoms with Crippen molar-refractivity contribution in [3.8, 4) is 11.4 Å². The number of benzene rings is 2. The third-order valence-electron chi connectivity index (χ3n) is 4.64. The minimum absolute atomic E-state index is 0.0560. The zero-order valence-electron chi connectivity index (χ0n) is 17.3. The van der Waals surface area contributed by atoms with E-state index in [1.807, 2.05) is 61.7 Å². The topological polar surface area (TPSA) is 59.8 Å². The number of amides is 1. The number of allylic oxidation sites excluding steroid dienone is 1. The number of hydrogen-bond acceptors (Lipinski definition) is 4. The molecule has 1 heterocycles. The summed E-state index contributed by atoms with van der Waals surface area (Å²) in [5.74, 6) is 0.713. The summed E-state index contributed by atoms with van der Waals surface area (Å²) in [5.41, 5.74) is 5.18. The molecule has 1 aromatic heterocycles. The van der Waals surface area contributed by atoms with Gasteiger partial charge in [-0.15, -0.1) is 16.8 Å². The number of hydrogen-bond donors (Lipinski definition) is 1. The maximum absolute atomic E-state index is 12.8. The van der Waals surface area contributed by atoms with Gasteiger partial charge in [0.2, 0.25) is 5.91 Å². The van der Waals surface area contributed by atoms with Crippen LogP contribution in [0.25, 0.3) is 11.4 Å². The average Bonchev–Trinajstić information content (AvgIpc) is 3.07. The molecule has 0 spiro atoms. The SMILES string of the molecule is C=CCn1c(SC(C)C(=O)Nc2c(C)cc(C)cc2C)nnc1-c1ccccc1. The van der Waals surface area contributed by atoms with Crippen molar-refractivity contribution in [3.63, 3.8) is 0 Å². The Labute approximate surface area is 176 Å². The molecule has 150 valence electrons. The smallest absolute Gasteiger partial charge is 0.237 e. The summed E-state index contributed by atoms with van der Waals surface area (Å²) in [6.45, 7) is 12.4. The fraction of sp³-hybridized carbons (Fsp3) is 0.261. The van der Waals surface area contributed by atoms with Crippen LogP contribution in [0.15, 0.2) is 60.3 Å². The fourth-order valence-electron chi connectivity index (χ4n) is 3.28. The van der Waals surface area contributed by atoms with E-state index in [4.69, 9.17) is 0 Å². The lowest BCUT2D eigenvalue weighted by Gasteiger charge is -2.16. The lowest BCUT2D eigenvalue weighted by molar-refractivity contribution is -0.115. The van der Waals surface area contributed by atoms with Crippen LogP contribution in [0.3, 0.4) is 0 Å². The number of carbonyl (C=O) groups excluding carboxylic acids is 1. The highest BCUT2D eigenvalue weighted by molar-refractivity contribution is 8.00. The summed E-state index contributed by atoms with van der Waals surface area (Å²) in [5, 5.41) is 12.1. The van der Waals surface area contributed by atoms with E-state index in [1.54, 1.807) is 0 Å². The first kappa shape index (κ1) is 20.9. The van der Waals surface area contributed by atoms with Crippen LogP contribution in [0, 0.1) is 20.8 Å². The van der Waals surface area contributed by atoms with Gasteiger partial charge in [-0.3, -0.25) is 9.36 Å². The molecule has 0 bridgehead atoms. The summed E-state index contributed by atoms with van der Waals surface area (Å²) >= 11 is 1.40. The van der Waals surface area contributed by atoms with Gasteiger partial charge in [0.15, 0.2) is 11.0 Å². The predicted molar refractivity (Wildman–Crippen MR) is 120 cm³/mol. The molecule has 3 rings (SSSR count). The molecule has 0 saturated carbocycles. The van der Waals surface area contributed by atoms with Gasteiger partial charge in [-0.1, -0.05) is 65.9 Å². The van der Waals surface area contributed by atoms with E-state index in [0.717, 1.165) is 28.2 Å². The number of aromatic nitrogens is 3. The highest BCUT2D eigenvalue weighted by atomic mass is 32.2. The number of rotatable bonds is 7. The molecule has 1 atom stereocenters. The molecule has 2 aromatic carbocycles. The molecule has 1 amide bonds. The molecular formula is C23H26N4OS. The van der Waals surface area contributed by atoms with Gasteiger partial charge in [0.25, 0.3) is 0 Å². The Hall–Kier alpha value is -2.86. The van der Waals surface area contributed by atoms with Gasteiger partial charge in [-0.2, -0.15) is 0 Å². The third-order valence-corrected chi connectivity index (χ3v) is 5.72. The number of nitrogens with zero attached hydrogens (tertiary/aromatic N) is 3. The molecule has 1 unspecified atom stereocenters. The van der Waals surface area contributed by atoms with Crippen molar-refractivity contribution in [2.45, 2.75) is 44.6 Å². The van der Waals surface area contributed by atoms with Gasteiger partial charge in [0.1, 0.15) is 0 Å². The summed E-state index contributed by atoms with van der Waals surface area (Å²) in [6, 6.07) is 14.1. The van der Waals surface area contributed by atoms with Crippen LogP contribution in [-0.2, 0) is 11.3 Å². The predicted octanol–water partition coefficient (Wildman–Crippen LogP) is 5.18. The average molecular weight is 407 g/mol. The summed E-state index contributed by atoms with van der Waals surface area (Å²) < 4.78 is 1.99. The zero-order valence-corrected chi connectivity index (χ0v) is 18.1. The monoisotopic (exact) mass is 406 g/mol. The molecule has 1 N–H and O–H groups in total. The quantitative estimate of drug-likeness (QED) is 0.434. The Morgan fingerprint density at radius 1 is 1.17 bits per heavy atom. The van der Waals surface area contributed by atoms with Crippen molar-refractivity contribution in [3.05, 3.63) is 71.8 Å². The molecule has 0 aliphatic heterocycles.